The van der Waals surface area contributed by atoms with Crippen molar-refractivity contribution in [1.29, 1.82) is 5.26 Å². The van der Waals surface area contributed by atoms with Gasteiger partial charge in [0.05, 0.1) is 24.3 Å². The van der Waals surface area contributed by atoms with Crippen molar-refractivity contribution in [3.8, 4) is 11.8 Å². The van der Waals surface area contributed by atoms with Crippen LogP contribution in [0.4, 0.5) is 0 Å². The Morgan fingerprint density at radius 3 is 2.95 bits per heavy atom. The van der Waals surface area contributed by atoms with E-state index in [1.165, 1.54) is 0 Å². The van der Waals surface area contributed by atoms with Crippen LogP contribution in [0.2, 0.25) is 0 Å². The molecular formula is C17H14N2O2. The molecule has 1 amide bonds. The maximum Gasteiger partial charge on any atom is 0.251 e. The smallest absolute Gasteiger partial charge is 0.251 e. The van der Waals surface area contributed by atoms with Crippen molar-refractivity contribution >= 4 is 5.91 Å². The summed E-state index contributed by atoms with van der Waals surface area (Å²) in [4.78, 5) is 12.3. The van der Waals surface area contributed by atoms with Crippen LogP contribution >= 0.6 is 0 Å². The number of nitrogens with one attached hydrogen (secondary N) is 1. The van der Waals surface area contributed by atoms with Gasteiger partial charge in [-0.05, 0) is 24.3 Å². The third-order valence-electron chi connectivity index (χ3n) is 3.52. The predicted molar refractivity (Wildman–Crippen MR) is 77.9 cm³/mol. The standard InChI is InChI=1S/C17H14N2O2/c18-11-12-4-3-5-13(10-12)17(20)19-15-8-9-21-16-7-2-1-6-14(15)16/h1-7,10,15H,8-9H2,(H,19,20). The fourth-order valence-corrected chi connectivity index (χ4v) is 2.46. The molecule has 1 unspecified atom stereocenters. The van der Waals surface area contributed by atoms with E-state index < -0.39 is 0 Å². The number of carbonyl (C=O) groups excluding carboxylic acids is 1. The van der Waals surface area contributed by atoms with Gasteiger partial charge in [0.25, 0.3) is 5.91 Å². The van der Waals surface area contributed by atoms with Gasteiger partial charge in [-0.2, -0.15) is 5.26 Å². The molecule has 21 heavy (non-hydrogen) atoms. The number of nitrogens with zero attached hydrogens (tertiary/aromatic N) is 1. The molecule has 0 spiro atoms. The fraction of sp³-hybridized carbons (Fsp3) is 0.176. The average Bonchev–Trinajstić information content (AvgIpc) is 2.55. The molecule has 3 rings (SSSR count). The van der Waals surface area contributed by atoms with Gasteiger partial charge < -0.3 is 10.1 Å². The van der Waals surface area contributed by atoms with Gasteiger partial charge in [0.15, 0.2) is 0 Å². The lowest BCUT2D eigenvalue weighted by atomic mass is 10.00. The first-order valence-electron chi connectivity index (χ1n) is 6.80. The molecule has 2 aromatic rings. The number of fused-ring (bicyclic) bond motifs is 1. The minimum absolute atomic E-state index is 0.0619. The van der Waals surface area contributed by atoms with Crippen LogP contribution in [0.5, 0.6) is 5.75 Å². The number of ether oxygens (including phenoxy) is 1. The van der Waals surface area contributed by atoms with Crippen LogP contribution in [0, 0.1) is 11.3 Å². The van der Waals surface area contributed by atoms with Crippen LogP contribution in [0.1, 0.15) is 33.9 Å². The van der Waals surface area contributed by atoms with Crippen molar-refractivity contribution in [2.24, 2.45) is 0 Å². The number of amides is 1. The summed E-state index contributed by atoms with van der Waals surface area (Å²) in [7, 11) is 0. The van der Waals surface area contributed by atoms with Crippen molar-refractivity contribution in [2.75, 3.05) is 6.61 Å². The molecule has 0 bridgehead atoms. The monoisotopic (exact) mass is 278 g/mol. The Balaban J connectivity index is 1.81. The highest BCUT2D eigenvalue weighted by atomic mass is 16.5. The Bertz CT molecular complexity index is 719. The van der Waals surface area contributed by atoms with Crippen LogP contribution in [-0.2, 0) is 0 Å². The lowest BCUT2D eigenvalue weighted by Crippen LogP contribution is -2.32. The minimum atomic E-state index is -0.172. The third kappa shape index (κ3) is 2.72. The molecule has 4 heteroatoms. The van der Waals surface area contributed by atoms with Gasteiger partial charge in [0.1, 0.15) is 5.75 Å². The summed E-state index contributed by atoms with van der Waals surface area (Å²) in [5, 5.41) is 11.9. The molecule has 1 aliphatic rings. The number of para-hydroxylation sites is 1. The maximum atomic E-state index is 12.3. The second-order valence-corrected chi connectivity index (χ2v) is 4.89. The van der Waals surface area contributed by atoms with Gasteiger partial charge in [-0.1, -0.05) is 24.3 Å². The summed E-state index contributed by atoms with van der Waals surface area (Å²) in [5.74, 6) is 0.647. The topological polar surface area (TPSA) is 62.1 Å². The Morgan fingerprint density at radius 1 is 1.24 bits per heavy atom. The first-order valence-corrected chi connectivity index (χ1v) is 6.80. The van der Waals surface area contributed by atoms with Gasteiger partial charge in [-0.15, -0.1) is 0 Å². The summed E-state index contributed by atoms with van der Waals surface area (Å²) in [6, 6.07) is 16.4. The summed E-state index contributed by atoms with van der Waals surface area (Å²) >= 11 is 0. The molecule has 0 aliphatic carbocycles. The number of carbonyl (C=O) groups is 1. The average molecular weight is 278 g/mol. The molecule has 1 heterocycles. The molecule has 0 radical (unpaired) electrons. The van der Waals surface area contributed by atoms with Crippen molar-refractivity contribution in [3.05, 3.63) is 65.2 Å². The summed E-state index contributed by atoms with van der Waals surface area (Å²) in [6.45, 7) is 0.584. The van der Waals surface area contributed by atoms with Crippen molar-refractivity contribution in [3.63, 3.8) is 0 Å². The Labute approximate surface area is 123 Å². The molecule has 0 saturated heterocycles. The zero-order valence-corrected chi connectivity index (χ0v) is 11.4. The lowest BCUT2D eigenvalue weighted by molar-refractivity contribution is 0.0925. The Kier molecular flexibility index (Phi) is 3.57. The van der Waals surface area contributed by atoms with E-state index in [2.05, 4.69) is 5.32 Å². The number of nitriles is 1. The quantitative estimate of drug-likeness (QED) is 0.918. The minimum Gasteiger partial charge on any atom is -0.493 e. The summed E-state index contributed by atoms with van der Waals surface area (Å²) in [6.07, 6.45) is 0.737. The van der Waals surface area contributed by atoms with Gasteiger partial charge in [0.2, 0.25) is 0 Å². The van der Waals surface area contributed by atoms with E-state index in [1.54, 1.807) is 24.3 Å². The van der Waals surface area contributed by atoms with E-state index in [1.807, 2.05) is 30.3 Å². The van der Waals surface area contributed by atoms with Crippen LogP contribution in [0.25, 0.3) is 0 Å². The zero-order chi connectivity index (χ0) is 14.7. The van der Waals surface area contributed by atoms with Gasteiger partial charge in [-0.25, -0.2) is 0 Å². The molecule has 0 fully saturated rings. The molecule has 2 aromatic carbocycles. The van der Waals surface area contributed by atoms with Crippen LogP contribution < -0.4 is 10.1 Å². The lowest BCUT2D eigenvalue weighted by Gasteiger charge is -2.26. The molecule has 4 nitrogen and oxygen atoms in total. The molecule has 1 atom stereocenters. The van der Waals surface area contributed by atoms with Crippen LogP contribution in [0.3, 0.4) is 0 Å². The fourth-order valence-electron chi connectivity index (χ4n) is 2.46. The molecule has 104 valence electrons. The zero-order valence-electron chi connectivity index (χ0n) is 11.4. The number of hydrogen-bond acceptors (Lipinski definition) is 3. The highest BCUT2D eigenvalue weighted by Gasteiger charge is 2.23. The number of hydrogen-bond donors (Lipinski definition) is 1. The maximum absolute atomic E-state index is 12.3. The summed E-state index contributed by atoms with van der Waals surface area (Å²) < 4.78 is 5.58. The summed E-state index contributed by atoms with van der Waals surface area (Å²) in [5.41, 5.74) is 1.97. The largest absolute Gasteiger partial charge is 0.493 e. The number of benzene rings is 2. The first kappa shape index (κ1) is 13.2. The highest BCUT2D eigenvalue weighted by molar-refractivity contribution is 5.94. The Morgan fingerprint density at radius 2 is 2.10 bits per heavy atom. The normalized spacial score (nSPS) is 16.2. The van der Waals surface area contributed by atoms with Gasteiger partial charge in [0, 0.05) is 17.5 Å². The second kappa shape index (κ2) is 5.68. The van der Waals surface area contributed by atoms with Crippen LogP contribution in [-0.4, -0.2) is 12.5 Å². The first-order chi connectivity index (χ1) is 10.3. The van der Waals surface area contributed by atoms with Crippen molar-refractivity contribution < 1.29 is 9.53 Å². The Hall–Kier alpha value is -2.80. The number of rotatable bonds is 2. The predicted octanol–water partition coefficient (Wildman–Crippen LogP) is 2.81. The van der Waals surface area contributed by atoms with Crippen molar-refractivity contribution in [1.82, 2.24) is 5.32 Å². The highest BCUT2D eigenvalue weighted by Crippen LogP contribution is 2.31. The van der Waals surface area contributed by atoms with Gasteiger partial charge >= 0.3 is 0 Å². The molecule has 1 N–H and O–H groups in total. The third-order valence-corrected chi connectivity index (χ3v) is 3.52. The van der Waals surface area contributed by atoms with E-state index in [-0.39, 0.29) is 11.9 Å². The molecular weight excluding hydrogens is 264 g/mol. The molecule has 1 aliphatic heterocycles. The molecule has 0 saturated carbocycles. The second-order valence-electron chi connectivity index (χ2n) is 4.89. The van der Waals surface area contributed by atoms with Crippen LogP contribution in [0.15, 0.2) is 48.5 Å². The SMILES string of the molecule is N#Cc1cccc(C(=O)NC2CCOc3ccccc32)c1. The van der Waals surface area contributed by atoms with Gasteiger partial charge in [-0.3, -0.25) is 4.79 Å². The van der Waals surface area contributed by atoms with E-state index in [4.69, 9.17) is 10.00 Å². The van der Waals surface area contributed by atoms with E-state index in [0.29, 0.717) is 17.7 Å². The van der Waals surface area contributed by atoms with Crippen molar-refractivity contribution in [2.45, 2.75) is 12.5 Å². The van der Waals surface area contributed by atoms with E-state index in [9.17, 15) is 4.79 Å². The van der Waals surface area contributed by atoms with E-state index in [0.717, 1.165) is 17.7 Å². The van der Waals surface area contributed by atoms with E-state index >= 15 is 0 Å². The molecule has 0 aromatic heterocycles.